The smallest absolute Gasteiger partial charge is 0.238 e. The van der Waals surface area contributed by atoms with Crippen LogP contribution in [0.3, 0.4) is 0 Å². The molecular weight excluding hydrogens is 316 g/mol. The average Bonchev–Trinajstić information content (AvgIpc) is 2.34. The summed E-state index contributed by atoms with van der Waals surface area (Å²) in [4.78, 5) is 14.1. The van der Waals surface area contributed by atoms with E-state index in [1.54, 1.807) is 12.1 Å². The third kappa shape index (κ3) is 3.97. The minimum atomic E-state index is 0.00104. The van der Waals surface area contributed by atoms with Gasteiger partial charge < -0.3 is 5.32 Å². The molecule has 18 heavy (non-hydrogen) atoms. The van der Waals surface area contributed by atoms with Crippen molar-refractivity contribution in [1.29, 1.82) is 0 Å². The Morgan fingerprint density at radius 2 is 2.06 bits per heavy atom. The first-order valence-corrected chi connectivity index (χ1v) is 7.29. The van der Waals surface area contributed by atoms with Crippen molar-refractivity contribution in [2.24, 2.45) is 0 Å². The van der Waals surface area contributed by atoms with Gasteiger partial charge in [-0.25, -0.2) is 0 Å². The highest BCUT2D eigenvalue weighted by atomic mass is 79.9. The van der Waals surface area contributed by atoms with E-state index in [0.29, 0.717) is 17.3 Å². The number of halogens is 2. The zero-order chi connectivity index (χ0) is 13.0. The van der Waals surface area contributed by atoms with Crippen molar-refractivity contribution in [2.75, 3.05) is 25.0 Å². The topological polar surface area (TPSA) is 32.3 Å². The molecule has 0 radical (unpaired) electrons. The molecule has 1 N–H and O–H groups in total. The molecule has 1 heterocycles. The molecule has 0 aliphatic carbocycles. The van der Waals surface area contributed by atoms with E-state index in [-0.39, 0.29) is 5.91 Å². The summed E-state index contributed by atoms with van der Waals surface area (Å²) in [5.74, 6) is 0.00104. The quantitative estimate of drug-likeness (QED) is 0.919. The summed E-state index contributed by atoms with van der Waals surface area (Å²) in [5.41, 5.74) is 0.668. The lowest BCUT2D eigenvalue weighted by Crippen LogP contribution is -2.36. The molecule has 0 bridgehead atoms. The third-order valence-corrected chi connectivity index (χ3v) is 3.83. The molecule has 0 spiro atoms. The number of amides is 1. The summed E-state index contributed by atoms with van der Waals surface area (Å²) < 4.78 is 0.904. The van der Waals surface area contributed by atoms with Crippen LogP contribution < -0.4 is 5.32 Å². The summed E-state index contributed by atoms with van der Waals surface area (Å²) in [7, 11) is 0. The van der Waals surface area contributed by atoms with Gasteiger partial charge in [0.1, 0.15) is 0 Å². The van der Waals surface area contributed by atoms with Gasteiger partial charge in [-0.15, -0.1) is 0 Å². The molecule has 1 amide bonds. The number of rotatable bonds is 3. The van der Waals surface area contributed by atoms with Crippen LogP contribution in [-0.2, 0) is 4.79 Å². The van der Waals surface area contributed by atoms with Crippen molar-refractivity contribution >= 4 is 39.1 Å². The lowest BCUT2D eigenvalue weighted by molar-refractivity contribution is -0.117. The van der Waals surface area contributed by atoms with E-state index in [1.807, 2.05) is 6.07 Å². The van der Waals surface area contributed by atoms with Gasteiger partial charge in [0.05, 0.1) is 17.3 Å². The van der Waals surface area contributed by atoms with E-state index in [9.17, 15) is 4.79 Å². The number of nitrogens with one attached hydrogen (secondary N) is 1. The predicted octanol–water partition coefficient (Wildman–Crippen LogP) is 3.53. The van der Waals surface area contributed by atoms with Crippen LogP contribution in [0.25, 0.3) is 0 Å². The van der Waals surface area contributed by atoms with Gasteiger partial charge in [-0.3, -0.25) is 9.69 Å². The van der Waals surface area contributed by atoms with Gasteiger partial charge in [-0.05, 0) is 44.1 Å². The number of benzene rings is 1. The number of anilines is 1. The third-order valence-electron chi connectivity index (χ3n) is 3.02. The first-order chi connectivity index (χ1) is 8.65. The van der Waals surface area contributed by atoms with E-state index in [1.165, 1.54) is 19.3 Å². The fraction of sp³-hybridized carbons (Fsp3) is 0.462. The van der Waals surface area contributed by atoms with Gasteiger partial charge in [0.15, 0.2) is 0 Å². The molecule has 0 unspecified atom stereocenters. The molecule has 1 saturated heterocycles. The van der Waals surface area contributed by atoms with Crippen LogP contribution in [0, 0.1) is 0 Å². The number of hydrogen-bond acceptors (Lipinski definition) is 2. The van der Waals surface area contributed by atoms with E-state index >= 15 is 0 Å². The Kier molecular flexibility index (Phi) is 5.03. The summed E-state index contributed by atoms with van der Waals surface area (Å²) >= 11 is 9.39. The van der Waals surface area contributed by atoms with Crippen molar-refractivity contribution in [3.8, 4) is 0 Å². The number of carbonyl (C=O) groups excluding carboxylic acids is 1. The number of piperidine rings is 1. The lowest BCUT2D eigenvalue weighted by Gasteiger charge is -2.25. The Morgan fingerprint density at radius 1 is 1.33 bits per heavy atom. The van der Waals surface area contributed by atoms with E-state index in [0.717, 1.165) is 17.6 Å². The second kappa shape index (κ2) is 6.55. The molecule has 5 heteroatoms. The summed E-state index contributed by atoms with van der Waals surface area (Å²) in [6, 6.07) is 5.45. The van der Waals surface area contributed by atoms with Gasteiger partial charge in [0.25, 0.3) is 0 Å². The van der Waals surface area contributed by atoms with E-state index in [2.05, 4.69) is 26.1 Å². The number of carbonyl (C=O) groups is 1. The van der Waals surface area contributed by atoms with Crippen LogP contribution in [0.4, 0.5) is 5.69 Å². The summed E-state index contributed by atoms with van der Waals surface area (Å²) in [6.45, 7) is 2.48. The minimum absolute atomic E-state index is 0.00104. The molecule has 0 aromatic heterocycles. The number of likely N-dealkylation sites (tertiary alicyclic amines) is 1. The molecule has 3 nitrogen and oxygen atoms in total. The van der Waals surface area contributed by atoms with Crippen molar-refractivity contribution in [3.63, 3.8) is 0 Å². The first kappa shape index (κ1) is 13.8. The molecule has 0 saturated carbocycles. The Hall–Kier alpha value is -0.580. The monoisotopic (exact) mass is 330 g/mol. The normalized spacial score (nSPS) is 16.6. The van der Waals surface area contributed by atoms with Gasteiger partial charge >= 0.3 is 0 Å². The Balaban J connectivity index is 1.90. The van der Waals surface area contributed by atoms with E-state index < -0.39 is 0 Å². The lowest BCUT2D eigenvalue weighted by atomic mass is 10.1. The van der Waals surface area contributed by atoms with Crippen LogP contribution in [-0.4, -0.2) is 30.4 Å². The van der Waals surface area contributed by atoms with Crippen molar-refractivity contribution < 1.29 is 4.79 Å². The van der Waals surface area contributed by atoms with Crippen LogP contribution in [0.1, 0.15) is 19.3 Å². The zero-order valence-corrected chi connectivity index (χ0v) is 12.4. The maximum atomic E-state index is 11.9. The largest absolute Gasteiger partial charge is 0.324 e. The highest BCUT2D eigenvalue weighted by Gasteiger charge is 2.14. The van der Waals surface area contributed by atoms with Crippen LogP contribution in [0.15, 0.2) is 22.7 Å². The SMILES string of the molecule is O=C(CN1CCCCC1)Nc1ccc(Br)cc1Cl. The van der Waals surface area contributed by atoms with Crippen LogP contribution in [0.5, 0.6) is 0 Å². The molecule has 1 aliphatic heterocycles. The highest BCUT2D eigenvalue weighted by molar-refractivity contribution is 9.10. The second-order valence-corrected chi connectivity index (χ2v) is 5.83. The van der Waals surface area contributed by atoms with E-state index in [4.69, 9.17) is 11.6 Å². The zero-order valence-electron chi connectivity index (χ0n) is 10.1. The van der Waals surface area contributed by atoms with Crippen molar-refractivity contribution in [1.82, 2.24) is 4.90 Å². The maximum absolute atomic E-state index is 11.9. The predicted molar refractivity (Wildman–Crippen MR) is 78.1 cm³/mol. The molecule has 1 aromatic rings. The van der Waals surface area contributed by atoms with Gasteiger partial charge in [0, 0.05) is 4.47 Å². The number of nitrogens with zero attached hydrogens (tertiary/aromatic N) is 1. The molecular formula is C13H16BrClN2O. The standard InChI is InChI=1S/C13H16BrClN2O/c14-10-4-5-12(11(15)8-10)16-13(18)9-17-6-2-1-3-7-17/h4-5,8H,1-3,6-7,9H2,(H,16,18). The molecule has 98 valence electrons. The fourth-order valence-corrected chi connectivity index (χ4v) is 2.82. The molecule has 1 fully saturated rings. The van der Waals surface area contributed by atoms with Gasteiger partial charge in [-0.1, -0.05) is 34.0 Å². The number of hydrogen-bond donors (Lipinski definition) is 1. The van der Waals surface area contributed by atoms with Crippen LogP contribution >= 0.6 is 27.5 Å². The molecule has 0 atom stereocenters. The maximum Gasteiger partial charge on any atom is 0.238 e. The minimum Gasteiger partial charge on any atom is -0.324 e. The second-order valence-electron chi connectivity index (χ2n) is 4.51. The molecule has 2 rings (SSSR count). The van der Waals surface area contributed by atoms with Gasteiger partial charge in [-0.2, -0.15) is 0 Å². The van der Waals surface area contributed by atoms with Crippen LogP contribution in [0.2, 0.25) is 5.02 Å². The first-order valence-electron chi connectivity index (χ1n) is 6.12. The summed E-state index contributed by atoms with van der Waals surface area (Å²) in [5, 5.41) is 3.40. The average molecular weight is 332 g/mol. The summed E-state index contributed by atoms with van der Waals surface area (Å²) in [6.07, 6.45) is 3.65. The Morgan fingerprint density at radius 3 is 2.72 bits per heavy atom. The van der Waals surface area contributed by atoms with Gasteiger partial charge in [0.2, 0.25) is 5.91 Å². The highest BCUT2D eigenvalue weighted by Crippen LogP contribution is 2.25. The Labute approximate surface area is 121 Å². The Bertz CT molecular complexity index is 433. The van der Waals surface area contributed by atoms with Crippen molar-refractivity contribution in [3.05, 3.63) is 27.7 Å². The molecule has 1 aliphatic rings. The fourth-order valence-electron chi connectivity index (χ4n) is 2.10. The molecule has 1 aromatic carbocycles. The van der Waals surface area contributed by atoms with Crippen molar-refractivity contribution in [2.45, 2.75) is 19.3 Å².